The molecular formula is C23H18N8O. The zero-order valence-corrected chi connectivity index (χ0v) is 17.2. The summed E-state index contributed by atoms with van der Waals surface area (Å²) in [7, 11) is 0. The molecule has 0 amide bonds. The largest absolute Gasteiger partial charge is 0.489 e. The van der Waals surface area contributed by atoms with Gasteiger partial charge in [-0.3, -0.25) is 0 Å². The van der Waals surface area contributed by atoms with Crippen molar-refractivity contribution in [2.24, 2.45) is 0 Å². The van der Waals surface area contributed by atoms with Crippen molar-refractivity contribution < 1.29 is 4.74 Å². The first-order valence-corrected chi connectivity index (χ1v) is 10.0. The van der Waals surface area contributed by atoms with Crippen molar-refractivity contribution in [2.45, 2.75) is 19.6 Å². The van der Waals surface area contributed by atoms with Gasteiger partial charge in [0.05, 0.1) is 30.1 Å². The van der Waals surface area contributed by atoms with Gasteiger partial charge < -0.3 is 4.74 Å². The van der Waals surface area contributed by atoms with Crippen molar-refractivity contribution in [3.05, 3.63) is 78.9 Å². The Morgan fingerprint density at radius 1 is 1.12 bits per heavy atom. The van der Waals surface area contributed by atoms with Crippen LogP contribution in [0.2, 0.25) is 0 Å². The standard InChI is InChI=1S/C23H18N8O/c1-16(14-30-15-26-28-29-30)32-19-7-2-5-17(11-19)20-8-3-6-18(12-24)23(20)21-13-25-22-9-4-10-27-31(21)22/h2-11,13,15-16H,14H2,1H3/t16-/m0/s1. The molecule has 0 fully saturated rings. The Bertz CT molecular complexity index is 1420. The summed E-state index contributed by atoms with van der Waals surface area (Å²) in [5.41, 5.74) is 4.62. The third-order valence-electron chi connectivity index (χ3n) is 5.04. The summed E-state index contributed by atoms with van der Waals surface area (Å²) in [6.45, 7) is 2.49. The SMILES string of the molecule is C[C@@H](Cn1cnnn1)Oc1cccc(-c2cccc(C#N)c2-c2cnc3cccnn23)c1. The number of tetrazole rings is 1. The molecule has 0 aliphatic rings. The molecule has 3 aromatic heterocycles. The van der Waals surface area contributed by atoms with Gasteiger partial charge in [0.2, 0.25) is 0 Å². The van der Waals surface area contributed by atoms with Crippen LogP contribution < -0.4 is 4.74 Å². The van der Waals surface area contributed by atoms with Crippen LogP contribution in [0.15, 0.2) is 73.3 Å². The molecule has 156 valence electrons. The van der Waals surface area contributed by atoms with Crippen LogP contribution in [0.4, 0.5) is 0 Å². The maximum atomic E-state index is 9.81. The minimum Gasteiger partial charge on any atom is -0.489 e. The molecule has 9 nitrogen and oxygen atoms in total. The molecule has 0 aliphatic carbocycles. The summed E-state index contributed by atoms with van der Waals surface area (Å²) in [4.78, 5) is 4.45. The highest BCUT2D eigenvalue weighted by molar-refractivity contribution is 5.87. The monoisotopic (exact) mass is 422 g/mol. The average molecular weight is 422 g/mol. The van der Waals surface area contributed by atoms with E-state index in [2.05, 4.69) is 31.7 Å². The summed E-state index contributed by atoms with van der Waals surface area (Å²) in [5.74, 6) is 0.715. The zero-order chi connectivity index (χ0) is 21.9. The molecule has 32 heavy (non-hydrogen) atoms. The van der Waals surface area contributed by atoms with E-state index in [9.17, 15) is 5.26 Å². The van der Waals surface area contributed by atoms with Gasteiger partial charge in [0, 0.05) is 11.8 Å². The van der Waals surface area contributed by atoms with Crippen molar-refractivity contribution in [3.8, 4) is 34.2 Å². The number of hydrogen-bond acceptors (Lipinski definition) is 7. The van der Waals surface area contributed by atoms with E-state index in [1.165, 1.54) is 0 Å². The van der Waals surface area contributed by atoms with Crippen molar-refractivity contribution in [1.29, 1.82) is 5.26 Å². The highest BCUT2D eigenvalue weighted by Crippen LogP contribution is 2.36. The second-order valence-corrected chi connectivity index (χ2v) is 7.27. The third kappa shape index (κ3) is 3.65. The topological polar surface area (TPSA) is 107 Å². The van der Waals surface area contributed by atoms with Crippen LogP contribution in [-0.2, 0) is 6.54 Å². The molecule has 0 bridgehead atoms. The van der Waals surface area contributed by atoms with Crippen LogP contribution in [0.25, 0.3) is 28.0 Å². The number of imidazole rings is 1. The lowest BCUT2D eigenvalue weighted by Crippen LogP contribution is -2.20. The number of benzene rings is 2. The van der Waals surface area contributed by atoms with E-state index in [0.717, 1.165) is 28.0 Å². The number of nitrogens with zero attached hydrogens (tertiary/aromatic N) is 8. The number of ether oxygens (including phenoxy) is 1. The fraction of sp³-hybridized carbons (Fsp3) is 0.130. The normalized spacial score (nSPS) is 11.9. The molecule has 0 unspecified atom stereocenters. The van der Waals surface area contributed by atoms with Gasteiger partial charge in [-0.25, -0.2) is 14.2 Å². The van der Waals surface area contributed by atoms with Crippen molar-refractivity contribution in [3.63, 3.8) is 0 Å². The van der Waals surface area contributed by atoms with Gasteiger partial charge in [0.1, 0.15) is 18.2 Å². The molecule has 3 heterocycles. The Morgan fingerprint density at radius 3 is 2.88 bits per heavy atom. The van der Waals surface area contributed by atoms with Crippen molar-refractivity contribution in [1.82, 2.24) is 34.8 Å². The molecular weight excluding hydrogens is 404 g/mol. The Labute approximate surface area is 183 Å². The Balaban J connectivity index is 1.54. The summed E-state index contributed by atoms with van der Waals surface area (Å²) < 4.78 is 9.47. The predicted molar refractivity (Wildman–Crippen MR) is 116 cm³/mol. The zero-order valence-electron chi connectivity index (χ0n) is 17.2. The molecule has 0 spiro atoms. The highest BCUT2D eigenvalue weighted by atomic mass is 16.5. The smallest absolute Gasteiger partial charge is 0.154 e. The number of nitriles is 1. The van der Waals surface area contributed by atoms with E-state index in [1.54, 1.807) is 34.0 Å². The lowest BCUT2D eigenvalue weighted by Gasteiger charge is -2.16. The van der Waals surface area contributed by atoms with E-state index in [0.29, 0.717) is 17.9 Å². The van der Waals surface area contributed by atoms with Gasteiger partial charge in [-0.05, 0) is 58.8 Å². The molecule has 0 N–H and O–H groups in total. The molecule has 0 saturated heterocycles. The van der Waals surface area contributed by atoms with E-state index in [4.69, 9.17) is 4.74 Å². The Hall–Kier alpha value is -4.58. The molecule has 0 aliphatic heterocycles. The van der Waals surface area contributed by atoms with Crippen LogP contribution in [0, 0.1) is 11.3 Å². The van der Waals surface area contributed by atoms with Crippen LogP contribution in [0.5, 0.6) is 5.75 Å². The van der Waals surface area contributed by atoms with Crippen LogP contribution in [-0.4, -0.2) is 40.9 Å². The highest BCUT2D eigenvalue weighted by Gasteiger charge is 2.17. The minimum absolute atomic E-state index is 0.137. The average Bonchev–Trinajstić information content (AvgIpc) is 3.48. The molecule has 2 aromatic carbocycles. The molecule has 0 saturated carbocycles. The van der Waals surface area contributed by atoms with Gasteiger partial charge in [-0.2, -0.15) is 10.4 Å². The van der Waals surface area contributed by atoms with Gasteiger partial charge in [0.15, 0.2) is 5.65 Å². The first-order chi connectivity index (χ1) is 15.7. The first-order valence-electron chi connectivity index (χ1n) is 10.0. The maximum absolute atomic E-state index is 9.81. The van der Waals surface area contributed by atoms with Crippen molar-refractivity contribution >= 4 is 5.65 Å². The summed E-state index contributed by atoms with van der Waals surface area (Å²) >= 11 is 0. The van der Waals surface area contributed by atoms with Crippen molar-refractivity contribution in [2.75, 3.05) is 0 Å². The molecule has 5 rings (SSSR count). The Kier molecular flexibility index (Phi) is 5.01. The quantitative estimate of drug-likeness (QED) is 0.413. The molecule has 5 aromatic rings. The second kappa shape index (κ2) is 8.28. The maximum Gasteiger partial charge on any atom is 0.154 e. The third-order valence-corrected chi connectivity index (χ3v) is 5.04. The summed E-state index contributed by atoms with van der Waals surface area (Å²) in [6.07, 6.45) is 4.87. The fourth-order valence-corrected chi connectivity index (χ4v) is 3.70. The molecule has 9 heteroatoms. The lowest BCUT2D eigenvalue weighted by molar-refractivity contribution is 0.193. The molecule has 0 radical (unpaired) electrons. The summed E-state index contributed by atoms with van der Waals surface area (Å²) in [6, 6.07) is 19.5. The van der Waals surface area contributed by atoms with Gasteiger partial charge in [0.25, 0.3) is 0 Å². The van der Waals surface area contributed by atoms with E-state index < -0.39 is 0 Å². The summed E-state index contributed by atoms with van der Waals surface area (Å²) in [5, 5.41) is 25.4. The predicted octanol–water partition coefficient (Wildman–Crippen LogP) is 3.39. The number of hydrogen-bond donors (Lipinski definition) is 0. The molecule has 1 atom stereocenters. The van der Waals surface area contributed by atoms with E-state index in [-0.39, 0.29) is 6.10 Å². The van der Waals surface area contributed by atoms with E-state index >= 15 is 0 Å². The lowest BCUT2D eigenvalue weighted by atomic mass is 9.94. The van der Waals surface area contributed by atoms with Crippen LogP contribution >= 0.6 is 0 Å². The van der Waals surface area contributed by atoms with Crippen LogP contribution in [0.1, 0.15) is 12.5 Å². The fourth-order valence-electron chi connectivity index (χ4n) is 3.70. The van der Waals surface area contributed by atoms with E-state index in [1.807, 2.05) is 55.5 Å². The van der Waals surface area contributed by atoms with Gasteiger partial charge in [-0.1, -0.05) is 24.3 Å². The van der Waals surface area contributed by atoms with Gasteiger partial charge >= 0.3 is 0 Å². The first kappa shape index (κ1) is 19.4. The number of fused-ring (bicyclic) bond motifs is 1. The number of rotatable bonds is 6. The number of aromatic nitrogens is 7. The van der Waals surface area contributed by atoms with Crippen LogP contribution in [0.3, 0.4) is 0 Å². The Morgan fingerprint density at radius 2 is 2.03 bits per heavy atom. The second-order valence-electron chi connectivity index (χ2n) is 7.27. The van der Waals surface area contributed by atoms with Gasteiger partial charge in [-0.15, -0.1) is 5.10 Å². The minimum atomic E-state index is -0.137.